The number of rotatable bonds is 6. The van der Waals surface area contributed by atoms with Crippen LogP contribution in [0.3, 0.4) is 0 Å². The highest BCUT2D eigenvalue weighted by Gasteiger charge is 2.47. The normalized spacial score (nSPS) is 17.2. The Labute approximate surface area is 230 Å². The Hall–Kier alpha value is -3.13. The number of likely N-dealkylation sites (tertiary alicyclic amines) is 1. The lowest BCUT2D eigenvalue weighted by atomic mass is 9.90. The lowest BCUT2D eigenvalue weighted by molar-refractivity contribution is -0.000948. The van der Waals surface area contributed by atoms with Crippen LogP contribution in [0.4, 0.5) is 14.9 Å². The Morgan fingerprint density at radius 1 is 1.03 bits per heavy atom. The molecule has 6 nitrogen and oxygen atoms in total. The molecule has 38 heavy (non-hydrogen) atoms. The minimum Gasteiger partial charge on any atom is -0.478 e. The molecule has 2 saturated heterocycles. The Morgan fingerprint density at radius 3 is 2.37 bits per heavy atom. The Kier molecular flexibility index (Phi) is 7.36. The van der Waals surface area contributed by atoms with Gasteiger partial charge in [0.05, 0.1) is 12.1 Å². The van der Waals surface area contributed by atoms with E-state index in [4.69, 9.17) is 33.0 Å². The van der Waals surface area contributed by atoms with Crippen molar-refractivity contribution < 1.29 is 23.8 Å². The standard InChI is InChI=1S/C29H27Cl2FN2O4/c1-18-12-25(24-7-4-22(30)14-26(24)31)21(13-20(18)15-32)16-33-10-8-29(9-11-33)17-34(28(37)38-29)23-5-2-19(3-6-23)27(35)36/h2-7,12-14H,8-11,15-17H2,1H3,(H,35,36). The first-order valence-corrected chi connectivity index (χ1v) is 13.1. The molecule has 0 aromatic heterocycles. The fraction of sp³-hybridized carbons (Fsp3) is 0.310. The molecule has 0 saturated carbocycles. The first kappa shape index (κ1) is 26.5. The zero-order valence-corrected chi connectivity index (χ0v) is 22.4. The van der Waals surface area contributed by atoms with Gasteiger partial charge in [0.2, 0.25) is 0 Å². The van der Waals surface area contributed by atoms with Crippen LogP contribution in [0.1, 0.15) is 39.9 Å². The average Bonchev–Trinajstić information content (AvgIpc) is 3.22. The molecule has 2 heterocycles. The van der Waals surface area contributed by atoms with E-state index in [2.05, 4.69) is 4.90 Å². The van der Waals surface area contributed by atoms with Gasteiger partial charge in [0.25, 0.3) is 0 Å². The van der Waals surface area contributed by atoms with Crippen LogP contribution in [-0.4, -0.2) is 47.3 Å². The minimum absolute atomic E-state index is 0.163. The van der Waals surface area contributed by atoms with Crippen molar-refractivity contribution in [1.29, 1.82) is 0 Å². The van der Waals surface area contributed by atoms with E-state index in [1.54, 1.807) is 29.2 Å². The molecule has 3 aromatic carbocycles. The van der Waals surface area contributed by atoms with E-state index in [1.165, 1.54) is 12.1 Å². The van der Waals surface area contributed by atoms with E-state index in [0.717, 1.165) is 22.3 Å². The van der Waals surface area contributed by atoms with Crippen molar-refractivity contribution in [1.82, 2.24) is 4.90 Å². The highest BCUT2D eigenvalue weighted by atomic mass is 35.5. The summed E-state index contributed by atoms with van der Waals surface area (Å²) in [6.45, 7) is 3.76. The van der Waals surface area contributed by atoms with Crippen LogP contribution in [-0.2, 0) is 18.0 Å². The maximum atomic E-state index is 13.7. The van der Waals surface area contributed by atoms with E-state index in [9.17, 15) is 14.0 Å². The molecule has 9 heteroatoms. The minimum atomic E-state index is -1.02. The van der Waals surface area contributed by atoms with Gasteiger partial charge in [-0.3, -0.25) is 9.80 Å². The summed E-state index contributed by atoms with van der Waals surface area (Å²) in [5.74, 6) is -1.02. The molecule has 3 aromatic rings. The molecule has 198 valence electrons. The van der Waals surface area contributed by atoms with Gasteiger partial charge in [0, 0.05) is 53.8 Å². The molecular formula is C29H27Cl2FN2O4. The number of aryl methyl sites for hydroxylation is 1. The average molecular weight is 557 g/mol. The van der Waals surface area contributed by atoms with Crippen LogP contribution < -0.4 is 4.90 Å². The number of carbonyl (C=O) groups excluding carboxylic acids is 1. The van der Waals surface area contributed by atoms with Crippen molar-refractivity contribution in [3.05, 3.63) is 86.9 Å². The highest BCUT2D eigenvalue weighted by molar-refractivity contribution is 6.36. The second-order valence-electron chi connectivity index (χ2n) is 9.96. The first-order valence-electron chi connectivity index (χ1n) is 12.4. The molecule has 2 fully saturated rings. The number of benzene rings is 3. The Morgan fingerprint density at radius 2 is 1.74 bits per heavy atom. The smallest absolute Gasteiger partial charge is 0.415 e. The number of anilines is 1. The number of halogens is 3. The van der Waals surface area contributed by atoms with Crippen molar-refractivity contribution in [2.75, 3.05) is 24.5 Å². The number of aromatic carboxylic acids is 1. The third-order valence-electron chi connectivity index (χ3n) is 7.48. The maximum absolute atomic E-state index is 13.7. The molecule has 5 rings (SSSR count). The van der Waals surface area contributed by atoms with Gasteiger partial charge in [-0.1, -0.05) is 41.4 Å². The molecule has 2 aliphatic heterocycles. The molecule has 0 radical (unpaired) electrons. The molecule has 2 aliphatic rings. The molecule has 1 spiro atoms. The van der Waals surface area contributed by atoms with Crippen molar-refractivity contribution in [2.24, 2.45) is 0 Å². The van der Waals surface area contributed by atoms with Gasteiger partial charge in [-0.05, 0) is 65.6 Å². The van der Waals surface area contributed by atoms with Crippen molar-refractivity contribution in [2.45, 2.75) is 38.6 Å². The number of piperidine rings is 1. The number of nitrogens with zero attached hydrogens (tertiary/aromatic N) is 2. The molecule has 1 N–H and O–H groups in total. The summed E-state index contributed by atoms with van der Waals surface area (Å²) >= 11 is 12.6. The van der Waals surface area contributed by atoms with Crippen LogP contribution in [0, 0.1) is 6.92 Å². The summed E-state index contributed by atoms with van der Waals surface area (Å²) in [7, 11) is 0. The van der Waals surface area contributed by atoms with Crippen molar-refractivity contribution in [3.63, 3.8) is 0 Å². The van der Waals surface area contributed by atoms with Crippen LogP contribution in [0.5, 0.6) is 0 Å². The van der Waals surface area contributed by atoms with Gasteiger partial charge in [-0.15, -0.1) is 0 Å². The quantitative estimate of drug-likeness (QED) is 0.349. The van der Waals surface area contributed by atoms with Gasteiger partial charge in [-0.25, -0.2) is 14.0 Å². The number of hydrogen-bond donors (Lipinski definition) is 1. The van der Waals surface area contributed by atoms with Crippen LogP contribution in [0.15, 0.2) is 54.6 Å². The molecular weight excluding hydrogens is 530 g/mol. The summed E-state index contributed by atoms with van der Waals surface area (Å²) in [6.07, 6.45) is 0.884. The zero-order chi connectivity index (χ0) is 27.0. The predicted octanol–water partition coefficient (Wildman–Crippen LogP) is 7.13. The fourth-order valence-corrected chi connectivity index (χ4v) is 5.77. The fourth-order valence-electron chi connectivity index (χ4n) is 5.26. The maximum Gasteiger partial charge on any atom is 0.415 e. The number of carboxylic acid groups (broad SMARTS) is 1. The summed E-state index contributed by atoms with van der Waals surface area (Å²) in [5.41, 5.74) is 4.47. The van der Waals surface area contributed by atoms with Gasteiger partial charge >= 0.3 is 12.1 Å². The lowest BCUT2D eigenvalue weighted by Crippen LogP contribution is -2.46. The van der Waals surface area contributed by atoms with Crippen LogP contribution in [0.25, 0.3) is 11.1 Å². The summed E-state index contributed by atoms with van der Waals surface area (Å²) in [6, 6.07) is 15.5. The van der Waals surface area contributed by atoms with Crippen molar-refractivity contribution in [3.8, 4) is 11.1 Å². The van der Waals surface area contributed by atoms with Gasteiger partial charge in [-0.2, -0.15) is 0 Å². The molecule has 0 aliphatic carbocycles. The second-order valence-corrected chi connectivity index (χ2v) is 10.8. The zero-order valence-electron chi connectivity index (χ0n) is 20.8. The number of carboxylic acids is 1. The number of ether oxygens (including phenoxy) is 1. The summed E-state index contributed by atoms with van der Waals surface area (Å²) in [5, 5.41) is 10.2. The van der Waals surface area contributed by atoms with Gasteiger partial charge in [0.15, 0.2) is 0 Å². The van der Waals surface area contributed by atoms with Crippen molar-refractivity contribution >= 4 is 41.0 Å². The van der Waals surface area contributed by atoms with E-state index < -0.39 is 24.3 Å². The van der Waals surface area contributed by atoms with E-state index in [0.29, 0.717) is 60.3 Å². The monoisotopic (exact) mass is 556 g/mol. The van der Waals surface area contributed by atoms with Gasteiger partial charge in [0.1, 0.15) is 12.3 Å². The number of alkyl halides is 1. The molecule has 1 amide bonds. The summed E-state index contributed by atoms with van der Waals surface area (Å²) < 4.78 is 19.6. The predicted molar refractivity (Wildman–Crippen MR) is 146 cm³/mol. The molecule has 0 bridgehead atoms. The number of carbonyl (C=O) groups is 2. The largest absolute Gasteiger partial charge is 0.478 e. The van der Waals surface area contributed by atoms with E-state index >= 15 is 0 Å². The third kappa shape index (κ3) is 5.23. The topological polar surface area (TPSA) is 70.1 Å². The van der Waals surface area contributed by atoms with Crippen LogP contribution >= 0.6 is 23.2 Å². The van der Waals surface area contributed by atoms with E-state index in [-0.39, 0.29) is 5.56 Å². The van der Waals surface area contributed by atoms with E-state index in [1.807, 2.05) is 25.1 Å². The molecule has 0 unspecified atom stereocenters. The Balaban J connectivity index is 1.32. The number of hydrogen-bond acceptors (Lipinski definition) is 4. The third-order valence-corrected chi connectivity index (χ3v) is 8.03. The molecule has 0 atom stereocenters. The first-order chi connectivity index (χ1) is 18.2. The number of amides is 1. The Bertz CT molecular complexity index is 1390. The van der Waals surface area contributed by atoms with Gasteiger partial charge < -0.3 is 9.84 Å². The van der Waals surface area contributed by atoms with Crippen LogP contribution in [0.2, 0.25) is 10.0 Å². The highest BCUT2D eigenvalue weighted by Crippen LogP contribution is 2.38. The summed E-state index contributed by atoms with van der Waals surface area (Å²) in [4.78, 5) is 27.7. The SMILES string of the molecule is Cc1cc(-c2ccc(Cl)cc2Cl)c(CN2CCC3(CC2)CN(c2ccc(C(=O)O)cc2)C(=O)O3)cc1CF. The lowest BCUT2D eigenvalue weighted by Gasteiger charge is -2.37. The second kappa shape index (κ2) is 10.6.